The molecule has 3 heteroatoms. The molecule has 0 spiro atoms. The van der Waals surface area contributed by atoms with Crippen LogP contribution in [0.5, 0.6) is 0 Å². The van der Waals surface area contributed by atoms with Gasteiger partial charge in [-0.05, 0) is 43.0 Å². The summed E-state index contributed by atoms with van der Waals surface area (Å²) in [4.78, 5) is 0. The Morgan fingerprint density at radius 1 is 1.16 bits per heavy atom. The minimum absolute atomic E-state index is 0.635. The van der Waals surface area contributed by atoms with E-state index in [2.05, 4.69) is 61.5 Å². The fraction of sp³-hybridized carbons (Fsp3) is 0.438. The first-order chi connectivity index (χ1) is 9.24. The Hall–Kier alpha value is -1.77. The van der Waals surface area contributed by atoms with Gasteiger partial charge in [0.25, 0.3) is 0 Å². The minimum atomic E-state index is 0.635. The monoisotopic (exact) mass is 257 g/mol. The van der Waals surface area contributed by atoms with E-state index in [0.717, 1.165) is 18.8 Å². The number of hydrogen-bond donors (Lipinski definition) is 1. The van der Waals surface area contributed by atoms with Gasteiger partial charge in [0.15, 0.2) is 0 Å². The van der Waals surface area contributed by atoms with Crippen LogP contribution in [0.15, 0.2) is 36.5 Å². The lowest BCUT2D eigenvalue weighted by atomic mass is 9.99. The Balaban J connectivity index is 1.96. The first kappa shape index (κ1) is 13.7. The van der Waals surface area contributed by atoms with Gasteiger partial charge in [-0.1, -0.05) is 26.0 Å². The van der Waals surface area contributed by atoms with Crippen LogP contribution in [0.1, 0.15) is 44.4 Å². The zero-order valence-corrected chi connectivity index (χ0v) is 12.1. The van der Waals surface area contributed by atoms with E-state index in [-0.39, 0.29) is 0 Å². The molecule has 0 amide bonds. The van der Waals surface area contributed by atoms with Gasteiger partial charge in [-0.25, -0.2) is 0 Å². The lowest BCUT2D eigenvalue weighted by Gasteiger charge is -2.11. The summed E-state index contributed by atoms with van der Waals surface area (Å²) in [5.74, 6) is 0.635. The summed E-state index contributed by atoms with van der Waals surface area (Å²) < 4.78 is 2.01. The SMILES string of the molecule is CCC(C)c1ccc(NCc2ccnn2CC)cc1. The molecule has 2 aromatic rings. The Bertz CT molecular complexity index is 499. The topological polar surface area (TPSA) is 29.9 Å². The van der Waals surface area contributed by atoms with Gasteiger partial charge in [0.2, 0.25) is 0 Å². The van der Waals surface area contributed by atoms with Crippen LogP contribution in [-0.2, 0) is 13.1 Å². The number of aryl methyl sites for hydroxylation is 1. The minimum Gasteiger partial charge on any atom is -0.379 e. The maximum Gasteiger partial charge on any atom is 0.0575 e. The molecule has 1 aromatic carbocycles. The molecule has 19 heavy (non-hydrogen) atoms. The molecule has 0 radical (unpaired) electrons. The van der Waals surface area contributed by atoms with E-state index in [0.29, 0.717) is 5.92 Å². The Kier molecular flexibility index (Phi) is 4.61. The maximum atomic E-state index is 4.27. The number of aromatic nitrogens is 2. The molecule has 0 saturated heterocycles. The average molecular weight is 257 g/mol. The van der Waals surface area contributed by atoms with Crippen molar-refractivity contribution >= 4 is 5.69 Å². The molecule has 0 fully saturated rings. The molecule has 1 aromatic heterocycles. The largest absolute Gasteiger partial charge is 0.379 e. The summed E-state index contributed by atoms with van der Waals surface area (Å²) in [6.45, 7) is 8.33. The molecular formula is C16H23N3. The van der Waals surface area contributed by atoms with E-state index in [1.165, 1.54) is 17.7 Å². The van der Waals surface area contributed by atoms with Crippen LogP contribution in [0, 0.1) is 0 Å². The van der Waals surface area contributed by atoms with E-state index >= 15 is 0 Å². The van der Waals surface area contributed by atoms with E-state index in [9.17, 15) is 0 Å². The van der Waals surface area contributed by atoms with Crippen molar-refractivity contribution in [3.05, 3.63) is 47.8 Å². The third-order valence-corrected chi connectivity index (χ3v) is 3.67. The van der Waals surface area contributed by atoms with Gasteiger partial charge in [-0.3, -0.25) is 4.68 Å². The molecule has 1 atom stereocenters. The number of nitrogens with zero attached hydrogens (tertiary/aromatic N) is 2. The van der Waals surface area contributed by atoms with E-state index < -0.39 is 0 Å². The number of rotatable bonds is 6. The van der Waals surface area contributed by atoms with Crippen LogP contribution >= 0.6 is 0 Å². The Morgan fingerprint density at radius 3 is 2.53 bits per heavy atom. The Labute approximate surface area is 115 Å². The predicted octanol–water partition coefficient (Wildman–Crippen LogP) is 4.03. The molecule has 0 aliphatic rings. The van der Waals surface area contributed by atoms with E-state index in [1.807, 2.05) is 10.9 Å². The standard InChI is InChI=1S/C16H23N3/c1-4-13(3)14-6-8-15(9-7-14)17-12-16-10-11-18-19(16)5-2/h6-11,13,17H,4-5,12H2,1-3H3. The van der Waals surface area contributed by atoms with Gasteiger partial charge in [0.05, 0.1) is 12.2 Å². The number of hydrogen-bond acceptors (Lipinski definition) is 2. The number of nitrogens with one attached hydrogen (secondary N) is 1. The maximum absolute atomic E-state index is 4.27. The summed E-state index contributed by atoms with van der Waals surface area (Å²) >= 11 is 0. The van der Waals surface area contributed by atoms with Gasteiger partial charge in [0, 0.05) is 18.4 Å². The summed E-state index contributed by atoms with van der Waals surface area (Å²) in [5.41, 5.74) is 3.79. The zero-order valence-electron chi connectivity index (χ0n) is 12.1. The van der Waals surface area contributed by atoms with Gasteiger partial charge >= 0.3 is 0 Å². The molecule has 0 bridgehead atoms. The summed E-state index contributed by atoms with van der Waals surface area (Å²) in [5, 5.41) is 7.72. The highest BCUT2D eigenvalue weighted by atomic mass is 15.3. The third kappa shape index (κ3) is 3.37. The third-order valence-electron chi connectivity index (χ3n) is 3.67. The van der Waals surface area contributed by atoms with Crippen molar-refractivity contribution in [2.75, 3.05) is 5.32 Å². The normalized spacial score (nSPS) is 12.4. The van der Waals surface area contributed by atoms with Crippen molar-refractivity contribution < 1.29 is 0 Å². The van der Waals surface area contributed by atoms with Crippen molar-refractivity contribution in [3.63, 3.8) is 0 Å². The molecule has 1 heterocycles. The van der Waals surface area contributed by atoms with Crippen molar-refractivity contribution in [1.29, 1.82) is 0 Å². The molecule has 0 aliphatic carbocycles. The fourth-order valence-corrected chi connectivity index (χ4v) is 2.15. The van der Waals surface area contributed by atoms with Crippen molar-refractivity contribution in [3.8, 4) is 0 Å². The predicted molar refractivity (Wildman–Crippen MR) is 80.4 cm³/mol. The van der Waals surface area contributed by atoms with Crippen LogP contribution in [0.4, 0.5) is 5.69 Å². The molecule has 2 rings (SSSR count). The quantitative estimate of drug-likeness (QED) is 0.846. The Morgan fingerprint density at radius 2 is 1.89 bits per heavy atom. The highest BCUT2D eigenvalue weighted by molar-refractivity contribution is 5.45. The second kappa shape index (κ2) is 6.41. The van der Waals surface area contributed by atoms with E-state index in [1.54, 1.807) is 0 Å². The highest BCUT2D eigenvalue weighted by Gasteiger charge is 2.03. The summed E-state index contributed by atoms with van der Waals surface area (Å²) in [7, 11) is 0. The van der Waals surface area contributed by atoms with Crippen LogP contribution in [0.2, 0.25) is 0 Å². The highest BCUT2D eigenvalue weighted by Crippen LogP contribution is 2.20. The molecular weight excluding hydrogens is 234 g/mol. The molecule has 102 valence electrons. The molecule has 0 aliphatic heterocycles. The first-order valence-electron chi connectivity index (χ1n) is 7.09. The second-order valence-corrected chi connectivity index (χ2v) is 4.92. The van der Waals surface area contributed by atoms with E-state index in [4.69, 9.17) is 0 Å². The second-order valence-electron chi connectivity index (χ2n) is 4.92. The summed E-state index contributed by atoms with van der Waals surface area (Å²) in [6.07, 6.45) is 3.04. The smallest absolute Gasteiger partial charge is 0.0575 e. The van der Waals surface area contributed by atoms with Crippen molar-refractivity contribution in [2.45, 2.75) is 46.2 Å². The van der Waals surface area contributed by atoms with Crippen LogP contribution in [0.3, 0.4) is 0 Å². The lowest BCUT2D eigenvalue weighted by Crippen LogP contribution is -2.07. The van der Waals surface area contributed by atoms with Gasteiger partial charge < -0.3 is 5.32 Å². The van der Waals surface area contributed by atoms with Crippen LogP contribution in [0.25, 0.3) is 0 Å². The molecule has 3 nitrogen and oxygen atoms in total. The summed E-state index contributed by atoms with van der Waals surface area (Å²) in [6, 6.07) is 10.8. The fourth-order valence-electron chi connectivity index (χ4n) is 2.15. The first-order valence-corrected chi connectivity index (χ1v) is 7.09. The van der Waals surface area contributed by atoms with Gasteiger partial charge in [0.1, 0.15) is 0 Å². The van der Waals surface area contributed by atoms with Crippen molar-refractivity contribution in [1.82, 2.24) is 9.78 Å². The number of benzene rings is 1. The average Bonchev–Trinajstić information content (AvgIpc) is 2.92. The lowest BCUT2D eigenvalue weighted by molar-refractivity contribution is 0.627. The zero-order chi connectivity index (χ0) is 13.7. The van der Waals surface area contributed by atoms with Gasteiger partial charge in [-0.15, -0.1) is 0 Å². The molecule has 1 unspecified atom stereocenters. The van der Waals surface area contributed by atoms with Crippen LogP contribution in [-0.4, -0.2) is 9.78 Å². The molecule has 0 saturated carbocycles. The number of anilines is 1. The van der Waals surface area contributed by atoms with Crippen molar-refractivity contribution in [2.24, 2.45) is 0 Å². The van der Waals surface area contributed by atoms with Crippen LogP contribution < -0.4 is 5.32 Å². The van der Waals surface area contributed by atoms with Gasteiger partial charge in [-0.2, -0.15) is 5.10 Å². The molecule has 1 N–H and O–H groups in total.